The van der Waals surface area contributed by atoms with Gasteiger partial charge in [-0.15, -0.1) is 0 Å². The van der Waals surface area contributed by atoms with Crippen LogP contribution in [0.2, 0.25) is 0 Å². The SMILES string of the molecule is Cc1ccc(C(C)Nc2ccncc2Br)o1. The van der Waals surface area contributed by atoms with Gasteiger partial charge in [-0.1, -0.05) is 0 Å². The largest absolute Gasteiger partial charge is 0.464 e. The molecule has 2 heterocycles. The Morgan fingerprint density at radius 3 is 2.81 bits per heavy atom. The molecule has 0 aromatic carbocycles. The predicted molar refractivity (Wildman–Crippen MR) is 67.4 cm³/mol. The van der Waals surface area contributed by atoms with Gasteiger partial charge in [-0.3, -0.25) is 4.98 Å². The maximum Gasteiger partial charge on any atom is 0.126 e. The molecule has 0 spiro atoms. The number of hydrogen-bond acceptors (Lipinski definition) is 3. The number of nitrogens with one attached hydrogen (secondary N) is 1. The number of anilines is 1. The third-order valence-electron chi connectivity index (χ3n) is 2.33. The molecule has 84 valence electrons. The molecule has 0 fully saturated rings. The Kier molecular flexibility index (Phi) is 3.29. The van der Waals surface area contributed by atoms with Crippen LogP contribution < -0.4 is 5.32 Å². The summed E-state index contributed by atoms with van der Waals surface area (Å²) in [4.78, 5) is 4.02. The first-order chi connectivity index (χ1) is 7.66. The summed E-state index contributed by atoms with van der Waals surface area (Å²) in [5, 5.41) is 3.36. The smallest absolute Gasteiger partial charge is 0.126 e. The molecule has 1 atom stereocenters. The maximum absolute atomic E-state index is 5.56. The van der Waals surface area contributed by atoms with Crippen molar-refractivity contribution in [3.8, 4) is 0 Å². The van der Waals surface area contributed by atoms with E-state index in [1.165, 1.54) is 0 Å². The highest BCUT2D eigenvalue weighted by Gasteiger charge is 2.10. The van der Waals surface area contributed by atoms with Crippen molar-refractivity contribution in [3.05, 3.63) is 46.6 Å². The van der Waals surface area contributed by atoms with E-state index < -0.39 is 0 Å². The topological polar surface area (TPSA) is 38.1 Å². The van der Waals surface area contributed by atoms with Crippen LogP contribution >= 0.6 is 15.9 Å². The maximum atomic E-state index is 5.56. The van der Waals surface area contributed by atoms with Crippen LogP contribution in [0.25, 0.3) is 0 Å². The molecule has 3 nitrogen and oxygen atoms in total. The fourth-order valence-corrected chi connectivity index (χ4v) is 1.85. The molecule has 0 saturated heterocycles. The van der Waals surface area contributed by atoms with Gasteiger partial charge in [0, 0.05) is 12.4 Å². The third-order valence-corrected chi connectivity index (χ3v) is 2.96. The Morgan fingerprint density at radius 1 is 1.38 bits per heavy atom. The van der Waals surface area contributed by atoms with E-state index in [-0.39, 0.29) is 6.04 Å². The van der Waals surface area contributed by atoms with E-state index in [9.17, 15) is 0 Å². The van der Waals surface area contributed by atoms with E-state index >= 15 is 0 Å². The monoisotopic (exact) mass is 280 g/mol. The van der Waals surface area contributed by atoms with Crippen molar-refractivity contribution in [2.45, 2.75) is 19.9 Å². The zero-order valence-electron chi connectivity index (χ0n) is 9.20. The van der Waals surface area contributed by atoms with Crippen LogP contribution in [0.5, 0.6) is 0 Å². The van der Waals surface area contributed by atoms with Crippen LogP contribution in [-0.2, 0) is 0 Å². The zero-order valence-corrected chi connectivity index (χ0v) is 10.8. The summed E-state index contributed by atoms with van der Waals surface area (Å²) in [5.74, 6) is 1.86. The second kappa shape index (κ2) is 4.70. The lowest BCUT2D eigenvalue weighted by molar-refractivity contribution is 0.467. The van der Waals surface area contributed by atoms with E-state index in [1.807, 2.05) is 25.1 Å². The Bertz CT molecular complexity index is 481. The lowest BCUT2D eigenvalue weighted by Crippen LogP contribution is -2.06. The number of hydrogen-bond donors (Lipinski definition) is 1. The minimum absolute atomic E-state index is 0.132. The molecule has 0 aliphatic carbocycles. The normalized spacial score (nSPS) is 12.4. The van der Waals surface area contributed by atoms with Gasteiger partial charge in [-0.05, 0) is 48.0 Å². The van der Waals surface area contributed by atoms with Crippen LogP contribution in [0.4, 0.5) is 5.69 Å². The molecule has 2 aromatic heterocycles. The van der Waals surface area contributed by atoms with Crippen molar-refractivity contribution in [1.82, 2.24) is 4.98 Å². The fourth-order valence-electron chi connectivity index (χ4n) is 1.48. The highest BCUT2D eigenvalue weighted by molar-refractivity contribution is 9.10. The number of pyridine rings is 1. The minimum Gasteiger partial charge on any atom is -0.464 e. The zero-order chi connectivity index (χ0) is 11.5. The highest BCUT2D eigenvalue weighted by Crippen LogP contribution is 2.26. The number of nitrogens with zero attached hydrogens (tertiary/aromatic N) is 1. The Balaban J connectivity index is 2.13. The van der Waals surface area contributed by atoms with Gasteiger partial charge in [-0.2, -0.15) is 0 Å². The third kappa shape index (κ3) is 2.44. The van der Waals surface area contributed by atoms with Gasteiger partial charge in [0.15, 0.2) is 0 Å². The molecule has 4 heteroatoms. The van der Waals surface area contributed by atoms with Gasteiger partial charge >= 0.3 is 0 Å². The highest BCUT2D eigenvalue weighted by atomic mass is 79.9. The molecular weight excluding hydrogens is 268 g/mol. The first-order valence-electron chi connectivity index (χ1n) is 5.09. The van der Waals surface area contributed by atoms with Crippen molar-refractivity contribution in [2.75, 3.05) is 5.32 Å². The predicted octanol–water partition coefficient (Wildman–Crippen LogP) is 3.92. The van der Waals surface area contributed by atoms with Crippen molar-refractivity contribution < 1.29 is 4.42 Å². The van der Waals surface area contributed by atoms with Gasteiger partial charge in [0.2, 0.25) is 0 Å². The number of halogens is 1. The number of furan rings is 1. The van der Waals surface area contributed by atoms with E-state index in [0.717, 1.165) is 21.7 Å². The van der Waals surface area contributed by atoms with Crippen molar-refractivity contribution >= 4 is 21.6 Å². The number of aryl methyl sites for hydroxylation is 1. The van der Waals surface area contributed by atoms with Crippen molar-refractivity contribution in [3.63, 3.8) is 0 Å². The summed E-state index contributed by atoms with van der Waals surface area (Å²) in [5.41, 5.74) is 1.01. The average molecular weight is 281 g/mol. The van der Waals surface area contributed by atoms with E-state index in [1.54, 1.807) is 12.4 Å². The summed E-state index contributed by atoms with van der Waals surface area (Å²) >= 11 is 3.45. The molecule has 0 bridgehead atoms. The fraction of sp³-hybridized carbons (Fsp3) is 0.250. The molecule has 1 unspecified atom stereocenters. The second-order valence-electron chi connectivity index (χ2n) is 3.67. The van der Waals surface area contributed by atoms with Crippen LogP contribution in [0.3, 0.4) is 0 Å². The quantitative estimate of drug-likeness (QED) is 0.926. The number of rotatable bonds is 3. The lowest BCUT2D eigenvalue weighted by atomic mass is 10.2. The van der Waals surface area contributed by atoms with E-state index in [0.29, 0.717) is 0 Å². The van der Waals surface area contributed by atoms with Gasteiger partial charge in [0.1, 0.15) is 11.5 Å². The average Bonchev–Trinajstić information content (AvgIpc) is 2.68. The van der Waals surface area contributed by atoms with Crippen LogP contribution in [-0.4, -0.2) is 4.98 Å². The summed E-state index contributed by atoms with van der Waals surface area (Å²) in [6, 6.07) is 6.01. The molecule has 0 radical (unpaired) electrons. The molecular formula is C12H13BrN2O. The molecule has 0 saturated carbocycles. The lowest BCUT2D eigenvalue weighted by Gasteiger charge is -2.13. The Morgan fingerprint density at radius 2 is 2.19 bits per heavy atom. The van der Waals surface area contributed by atoms with E-state index in [2.05, 4.69) is 33.2 Å². The Labute approximate surface area is 103 Å². The standard InChI is InChI=1S/C12H13BrN2O/c1-8-3-4-12(16-8)9(2)15-11-5-6-14-7-10(11)13/h3-7,9H,1-2H3,(H,14,15). The summed E-state index contributed by atoms with van der Waals surface area (Å²) < 4.78 is 6.51. The summed E-state index contributed by atoms with van der Waals surface area (Å²) in [6.07, 6.45) is 3.52. The number of aromatic nitrogens is 1. The molecule has 16 heavy (non-hydrogen) atoms. The first-order valence-corrected chi connectivity index (χ1v) is 5.88. The van der Waals surface area contributed by atoms with Crippen LogP contribution in [0.15, 0.2) is 39.5 Å². The Hall–Kier alpha value is -1.29. The van der Waals surface area contributed by atoms with E-state index in [4.69, 9.17) is 4.42 Å². The molecule has 1 N–H and O–H groups in total. The molecule has 2 rings (SSSR count). The minimum atomic E-state index is 0.132. The van der Waals surface area contributed by atoms with Crippen molar-refractivity contribution in [2.24, 2.45) is 0 Å². The molecule has 0 aliphatic heterocycles. The summed E-state index contributed by atoms with van der Waals surface area (Å²) in [7, 11) is 0. The van der Waals surface area contributed by atoms with Gasteiger partial charge in [0.05, 0.1) is 16.2 Å². The first kappa shape index (κ1) is 11.2. The van der Waals surface area contributed by atoms with Crippen LogP contribution in [0, 0.1) is 6.92 Å². The van der Waals surface area contributed by atoms with Gasteiger partial charge in [0.25, 0.3) is 0 Å². The van der Waals surface area contributed by atoms with Gasteiger partial charge in [-0.25, -0.2) is 0 Å². The molecule has 0 amide bonds. The molecule has 0 aliphatic rings. The van der Waals surface area contributed by atoms with Crippen molar-refractivity contribution in [1.29, 1.82) is 0 Å². The molecule has 2 aromatic rings. The summed E-state index contributed by atoms with van der Waals surface area (Å²) in [6.45, 7) is 4.00. The van der Waals surface area contributed by atoms with Crippen LogP contribution in [0.1, 0.15) is 24.5 Å². The van der Waals surface area contributed by atoms with Gasteiger partial charge < -0.3 is 9.73 Å². The second-order valence-corrected chi connectivity index (χ2v) is 4.52.